The second kappa shape index (κ2) is 5.24. The number of amides is 1. The van der Waals surface area contributed by atoms with Crippen LogP contribution in [0.2, 0.25) is 0 Å². The molecule has 17 heavy (non-hydrogen) atoms. The molecule has 0 aliphatic heterocycles. The highest BCUT2D eigenvalue weighted by atomic mass is 19.1. The van der Waals surface area contributed by atoms with Gasteiger partial charge in [-0.05, 0) is 13.0 Å². The van der Waals surface area contributed by atoms with E-state index in [2.05, 4.69) is 10.6 Å². The number of anilines is 1. The monoisotopic (exact) mass is 241 g/mol. The molecule has 1 rings (SSSR count). The summed E-state index contributed by atoms with van der Waals surface area (Å²) in [6, 6.07) is 2.57. The summed E-state index contributed by atoms with van der Waals surface area (Å²) in [6.07, 6.45) is 0. The number of nitrogens with one attached hydrogen (secondary N) is 2. The first kappa shape index (κ1) is 12.9. The summed E-state index contributed by atoms with van der Waals surface area (Å²) in [6.45, 7) is 1.56. The molecule has 1 amide bonds. The maximum Gasteiger partial charge on any atom is 0.272 e. The Balaban J connectivity index is 2.86. The number of benzene rings is 1. The summed E-state index contributed by atoms with van der Waals surface area (Å²) in [5, 5.41) is 15.4. The van der Waals surface area contributed by atoms with E-state index >= 15 is 0 Å². The zero-order valence-electron chi connectivity index (χ0n) is 9.36. The van der Waals surface area contributed by atoms with Crippen LogP contribution < -0.4 is 10.6 Å². The van der Waals surface area contributed by atoms with Gasteiger partial charge in [0.1, 0.15) is 6.04 Å². The van der Waals surface area contributed by atoms with Gasteiger partial charge in [-0.3, -0.25) is 14.9 Å². The van der Waals surface area contributed by atoms with E-state index in [4.69, 9.17) is 0 Å². The van der Waals surface area contributed by atoms with E-state index in [-0.39, 0.29) is 17.3 Å². The van der Waals surface area contributed by atoms with Crippen LogP contribution in [-0.2, 0) is 4.79 Å². The molecule has 0 heterocycles. The van der Waals surface area contributed by atoms with Gasteiger partial charge in [-0.25, -0.2) is 4.39 Å². The predicted molar refractivity (Wildman–Crippen MR) is 60.2 cm³/mol. The Kier molecular flexibility index (Phi) is 3.97. The number of carbonyl (C=O) groups excluding carboxylic acids is 1. The quantitative estimate of drug-likeness (QED) is 0.614. The zero-order valence-corrected chi connectivity index (χ0v) is 9.36. The average molecular weight is 241 g/mol. The highest BCUT2D eigenvalue weighted by Crippen LogP contribution is 2.20. The van der Waals surface area contributed by atoms with Crippen molar-refractivity contribution in [3.63, 3.8) is 0 Å². The van der Waals surface area contributed by atoms with Crippen LogP contribution in [-0.4, -0.2) is 23.9 Å². The first-order valence-electron chi connectivity index (χ1n) is 4.87. The highest BCUT2D eigenvalue weighted by Gasteiger charge is 2.15. The number of nitro groups is 1. The van der Waals surface area contributed by atoms with Crippen LogP contribution in [0, 0.1) is 15.9 Å². The lowest BCUT2D eigenvalue weighted by atomic mass is 10.2. The summed E-state index contributed by atoms with van der Waals surface area (Å²) in [5.41, 5.74) is -0.285. The molecule has 0 saturated carbocycles. The van der Waals surface area contributed by atoms with E-state index in [1.54, 1.807) is 6.92 Å². The maximum atomic E-state index is 13.4. The highest BCUT2D eigenvalue weighted by molar-refractivity contribution is 5.83. The number of halogens is 1. The van der Waals surface area contributed by atoms with Crippen LogP contribution in [0.25, 0.3) is 0 Å². The molecule has 0 radical (unpaired) electrons. The fraction of sp³-hybridized carbons (Fsp3) is 0.300. The van der Waals surface area contributed by atoms with E-state index in [9.17, 15) is 19.3 Å². The van der Waals surface area contributed by atoms with Crippen molar-refractivity contribution in [2.24, 2.45) is 0 Å². The molecular weight excluding hydrogens is 229 g/mol. The molecule has 2 N–H and O–H groups in total. The molecule has 1 aromatic carbocycles. The first-order valence-corrected chi connectivity index (χ1v) is 4.87. The number of rotatable bonds is 4. The Morgan fingerprint density at radius 3 is 2.65 bits per heavy atom. The van der Waals surface area contributed by atoms with Gasteiger partial charge in [0.15, 0.2) is 5.82 Å². The van der Waals surface area contributed by atoms with Crippen LogP contribution >= 0.6 is 0 Å². The Hall–Kier alpha value is -2.18. The molecule has 0 aliphatic rings. The van der Waals surface area contributed by atoms with Crippen molar-refractivity contribution in [1.29, 1.82) is 0 Å². The second-order valence-corrected chi connectivity index (χ2v) is 3.40. The van der Waals surface area contributed by atoms with Crippen LogP contribution in [0.3, 0.4) is 0 Å². The normalized spacial score (nSPS) is 11.7. The largest absolute Gasteiger partial charge is 0.372 e. The van der Waals surface area contributed by atoms with Gasteiger partial charge < -0.3 is 10.6 Å². The predicted octanol–water partition coefficient (Wildman–Crippen LogP) is 1.28. The van der Waals surface area contributed by atoms with Crippen molar-refractivity contribution in [3.05, 3.63) is 34.1 Å². The molecular formula is C10H12FN3O3. The SMILES string of the molecule is CNC(=O)C(C)Nc1ccc([N+](=O)[O-])cc1F. The molecule has 0 bridgehead atoms. The molecule has 0 saturated heterocycles. The Morgan fingerprint density at radius 1 is 1.53 bits per heavy atom. The number of nitrogens with zero attached hydrogens (tertiary/aromatic N) is 1. The minimum absolute atomic E-state index is 0.0479. The van der Waals surface area contributed by atoms with Gasteiger partial charge in [-0.15, -0.1) is 0 Å². The Labute approximate surface area is 97.0 Å². The molecule has 7 heteroatoms. The minimum Gasteiger partial charge on any atom is -0.372 e. The molecule has 0 fully saturated rings. The molecule has 1 aromatic rings. The number of hydrogen-bond donors (Lipinski definition) is 2. The molecule has 1 atom stereocenters. The summed E-state index contributed by atoms with van der Waals surface area (Å²) >= 11 is 0. The number of likely N-dealkylation sites (N-methyl/N-ethyl adjacent to an activating group) is 1. The molecule has 0 aromatic heterocycles. The van der Waals surface area contributed by atoms with Gasteiger partial charge in [0.25, 0.3) is 5.69 Å². The summed E-state index contributed by atoms with van der Waals surface area (Å²) in [5.74, 6) is -1.07. The third kappa shape index (κ3) is 3.13. The minimum atomic E-state index is -0.769. The van der Waals surface area contributed by atoms with E-state index in [0.717, 1.165) is 6.07 Å². The summed E-state index contributed by atoms with van der Waals surface area (Å²) < 4.78 is 13.4. The van der Waals surface area contributed by atoms with E-state index in [0.29, 0.717) is 0 Å². The van der Waals surface area contributed by atoms with Gasteiger partial charge >= 0.3 is 0 Å². The van der Waals surface area contributed by atoms with Gasteiger partial charge in [0, 0.05) is 13.1 Å². The number of hydrogen-bond acceptors (Lipinski definition) is 4. The van der Waals surface area contributed by atoms with Crippen molar-refractivity contribution in [2.45, 2.75) is 13.0 Å². The van der Waals surface area contributed by atoms with Crippen LogP contribution in [0.5, 0.6) is 0 Å². The lowest BCUT2D eigenvalue weighted by Gasteiger charge is -2.13. The van der Waals surface area contributed by atoms with Crippen molar-refractivity contribution >= 4 is 17.3 Å². The van der Waals surface area contributed by atoms with E-state index in [1.807, 2.05) is 0 Å². The summed E-state index contributed by atoms with van der Waals surface area (Å²) in [7, 11) is 1.46. The standard InChI is InChI=1S/C10H12FN3O3/c1-6(10(15)12-2)13-9-4-3-7(14(16)17)5-8(9)11/h3-6,13H,1-2H3,(H,12,15). The second-order valence-electron chi connectivity index (χ2n) is 3.40. The van der Waals surface area contributed by atoms with Crippen LogP contribution in [0.4, 0.5) is 15.8 Å². The van der Waals surface area contributed by atoms with E-state index < -0.39 is 16.8 Å². The Morgan fingerprint density at radius 2 is 2.18 bits per heavy atom. The smallest absolute Gasteiger partial charge is 0.272 e. The first-order chi connectivity index (χ1) is 7.95. The average Bonchev–Trinajstić information content (AvgIpc) is 2.30. The number of carbonyl (C=O) groups is 1. The topological polar surface area (TPSA) is 84.3 Å². The Bertz CT molecular complexity index is 450. The van der Waals surface area contributed by atoms with E-state index in [1.165, 1.54) is 19.2 Å². The lowest BCUT2D eigenvalue weighted by molar-refractivity contribution is -0.385. The fourth-order valence-electron chi connectivity index (χ4n) is 1.25. The van der Waals surface area contributed by atoms with Gasteiger partial charge in [-0.2, -0.15) is 0 Å². The zero-order chi connectivity index (χ0) is 13.0. The molecule has 0 aliphatic carbocycles. The van der Waals surface area contributed by atoms with Crippen molar-refractivity contribution in [3.8, 4) is 0 Å². The maximum absolute atomic E-state index is 13.4. The van der Waals surface area contributed by atoms with Crippen molar-refractivity contribution in [2.75, 3.05) is 12.4 Å². The molecule has 0 spiro atoms. The van der Waals surface area contributed by atoms with Crippen molar-refractivity contribution in [1.82, 2.24) is 5.32 Å². The third-order valence-corrected chi connectivity index (χ3v) is 2.18. The fourth-order valence-corrected chi connectivity index (χ4v) is 1.25. The molecule has 1 unspecified atom stereocenters. The van der Waals surface area contributed by atoms with Gasteiger partial charge in [0.2, 0.25) is 5.91 Å². The number of non-ortho nitro benzene ring substituents is 1. The molecule has 6 nitrogen and oxygen atoms in total. The lowest BCUT2D eigenvalue weighted by Crippen LogP contribution is -2.35. The van der Waals surface area contributed by atoms with Gasteiger partial charge in [0.05, 0.1) is 16.7 Å². The van der Waals surface area contributed by atoms with Crippen molar-refractivity contribution < 1.29 is 14.1 Å². The summed E-state index contributed by atoms with van der Waals surface area (Å²) in [4.78, 5) is 20.9. The number of nitro benzene ring substituents is 1. The molecule has 92 valence electrons. The van der Waals surface area contributed by atoms with Gasteiger partial charge in [-0.1, -0.05) is 0 Å². The van der Waals surface area contributed by atoms with Crippen LogP contribution in [0.1, 0.15) is 6.92 Å². The van der Waals surface area contributed by atoms with Crippen LogP contribution in [0.15, 0.2) is 18.2 Å². The third-order valence-electron chi connectivity index (χ3n) is 2.18.